The van der Waals surface area contributed by atoms with E-state index in [9.17, 15) is 0 Å². The van der Waals surface area contributed by atoms with Crippen LogP contribution in [0.15, 0.2) is 54.6 Å². The largest absolute Gasteiger partial charge is 0.366 e. The Labute approximate surface area is 128 Å². The predicted octanol–water partition coefficient (Wildman–Crippen LogP) is 4.77. The maximum Gasteiger partial charge on any atom is 0.118 e. The summed E-state index contributed by atoms with van der Waals surface area (Å²) in [6, 6.07) is 15.2. The molecule has 0 bridgehead atoms. The fourth-order valence-corrected chi connectivity index (χ4v) is 2.28. The van der Waals surface area contributed by atoms with E-state index in [-0.39, 0.29) is 0 Å². The van der Waals surface area contributed by atoms with Crippen molar-refractivity contribution in [2.75, 3.05) is 0 Å². The first-order valence-electron chi connectivity index (χ1n) is 6.14. The molecule has 0 spiro atoms. The Morgan fingerprint density at radius 1 is 1.05 bits per heavy atom. The van der Waals surface area contributed by atoms with E-state index in [0.717, 1.165) is 11.1 Å². The molecule has 0 amide bonds. The van der Waals surface area contributed by atoms with Gasteiger partial charge in [-0.3, -0.25) is 5.41 Å². The van der Waals surface area contributed by atoms with E-state index in [1.807, 2.05) is 48.5 Å². The molecule has 2 rings (SSSR count). The van der Waals surface area contributed by atoms with Crippen molar-refractivity contribution >= 4 is 35.1 Å². The Balaban J connectivity index is 1.91. The Hall–Kier alpha value is -1.77. The zero-order valence-corrected chi connectivity index (χ0v) is 12.2. The molecular formula is C16H14Cl2N2. The van der Waals surface area contributed by atoms with Crippen molar-refractivity contribution in [3.63, 3.8) is 0 Å². The lowest BCUT2D eigenvalue weighted by Crippen LogP contribution is -2.19. The summed E-state index contributed by atoms with van der Waals surface area (Å²) in [5, 5.41) is 12.0. The van der Waals surface area contributed by atoms with Crippen LogP contribution in [-0.4, -0.2) is 5.84 Å². The molecule has 0 aliphatic heterocycles. The van der Waals surface area contributed by atoms with Crippen LogP contribution in [0, 0.1) is 5.41 Å². The summed E-state index contributed by atoms with van der Waals surface area (Å²) in [6.45, 7) is 0.512. The summed E-state index contributed by atoms with van der Waals surface area (Å²) in [5.41, 5.74) is 2.00. The number of rotatable bonds is 4. The third kappa shape index (κ3) is 4.72. The molecule has 2 N–H and O–H groups in total. The van der Waals surface area contributed by atoms with Crippen LogP contribution < -0.4 is 5.32 Å². The van der Waals surface area contributed by atoms with Gasteiger partial charge >= 0.3 is 0 Å². The molecule has 2 aromatic carbocycles. The summed E-state index contributed by atoms with van der Waals surface area (Å²) in [7, 11) is 0. The molecule has 0 aliphatic rings. The van der Waals surface area contributed by atoms with Crippen molar-refractivity contribution < 1.29 is 0 Å². The normalized spacial score (nSPS) is 10.7. The first-order chi connectivity index (χ1) is 9.63. The number of halogens is 2. The number of nitrogens with one attached hydrogen (secondary N) is 2. The lowest BCUT2D eigenvalue weighted by atomic mass is 10.2. The summed E-state index contributed by atoms with van der Waals surface area (Å²) in [6.07, 6.45) is 3.61. The predicted molar refractivity (Wildman–Crippen MR) is 86.5 cm³/mol. The molecule has 2 nitrogen and oxygen atoms in total. The van der Waals surface area contributed by atoms with E-state index in [1.54, 1.807) is 12.1 Å². The fourth-order valence-electron chi connectivity index (χ4n) is 1.71. The minimum absolute atomic E-state index is 0.338. The summed E-state index contributed by atoms with van der Waals surface area (Å²) < 4.78 is 0. The number of amidine groups is 1. The van der Waals surface area contributed by atoms with E-state index < -0.39 is 0 Å². The van der Waals surface area contributed by atoms with Crippen LogP contribution >= 0.6 is 23.2 Å². The van der Waals surface area contributed by atoms with E-state index >= 15 is 0 Å². The Kier molecular flexibility index (Phi) is 5.22. The third-order valence-corrected chi connectivity index (χ3v) is 3.08. The molecule has 2 aromatic rings. The van der Waals surface area contributed by atoms with Crippen LogP contribution in [0.5, 0.6) is 0 Å². The lowest BCUT2D eigenvalue weighted by molar-refractivity contribution is 0.912. The fraction of sp³-hybridized carbons (Fsp3) is 0.0625. The standard InChI is InChI=1S/C16H14Cl2N2/c17-14-8-13(9-15(18)10-14)11-20-16(19)7-6-12-4-2-1-3-5-12/h1-10H,11H2,(H2,19,20)/b7-6+. The van der Waals surface area contributed by atoms with Crippen molar-refractivity contribution in [1.29, 1.82) is 5.41 Å². The molecule has 0 atom stereocenters. The van der Waals surface area contributed by atoms with Gasteiger partial charge in [0.15, 0.2) is 0 Å². The highest BCUT2D eigenvalue weighted by Gasteiger charge is 1.98. The second-order valence-corrected chi connectivity index (χ2v) is 5.16. The van der Waals surface area contributed by atoms with Gasteiger partial charge < -0.3 is 5.32 Å². The van der Waals surface area contributed by atoms with Crippen LogP contribution in [0.3, 0.4) is 0 Å². The Morgan fingerprint density at radius 3 is 2.35 bits per heavy atom. The average molecular weight is 305 g/mol. The Morgan fingerprint density at radius 2 is 1.70 bits per heavy atom. The number of hydrogen-bond donors (Lipinski definition) is 2. The van der Waals surface area contributed by atoms with E-state index in [1.165, 1.54) is 0 Å². The molecule has 4 heteroatoms. The molecule has 0 heterocycles. The van der Waals surface area contributed by atoms with E-state index in [4.69, 9.17) is 28.6 Å². The van der Waals surface area contributed by atoms with Crippen LogP contribution in [0.4, 0.5) is 0 Å². The molecule has 0 radical (unpaired) electrons. The zero-order valence-electron chi connectivity index (χ0n) is 10.7. The second-order valence-electron chi connectivity index (χ2n) is 4.29. The molecule has 0 unspecified atom stereocenters. The zero-order chi connectivity index (χ0) is 14.4. The highest BCUT2D eigenvalue weighted by atomic mass is 35.5. The maximum absolute atomic E-state index is 7.83. The van der Waals surface area contributed by atoms with Crippen molar-refractivity contribution in [2.45, 2.75) is 6.54 Å². The molecular weight excluding hydrogens is 291 g/mol. The summed E-state index contributed by atoms with van der Waals surface area (Å²) in [4.78, 5) is 0. The first-order valence-corrected chi connectivity index (χ1v) is 6.89. The van der Waals surface area contributed by atoms with Crippen LogP contribution in [-0.2, 0) is 6.54 Å². The minimum Gasteiger partial charge on any atom is -0.366 e. The molecule has 0 saturated heterocycles. The van der Waals surface area contributed by atoms with Gasteiger partial charge in [0.2, 0.25) is 0 Å². The van der Waals surface area contributed by atoms with Gasteiger partial charge in [-0.15, -0.1) is 0 Å². The quantitative estimate of drug-likeness (QED) is 0.619. The lowest BCUT2D eigenvalue weighted by Gasteiger charge is -2.06. The van der Waals surface area contributed by atoms with Crippen molar-refractivity contribution in [3.05, 3.63) is 75.8 Å². The van der Waals surface area contributed by atoms with E-state index in [2.05, 4.69) is 5.32 Å². The molecule has 102 valence electrons. The molecule has 0 saturated carbocycles. The monoisotopic (exact) mass is 304 g/mol. The third-order valence-electron chi connectivity index (χ3n) is 2.65. The van der Waals surface area contributed by atoms with Gasteiger partial charge in [-0.05, 0) is 35.4 Å². The smallest absolute Gasteiger partial charge is 0.118 e. The molecule has 0 aromatic heterocycles. The average Bonchev–Trinajstić information content (AvgIpc) is 2.43. The first kappa shape index (κ1) is 14.6. The van der Waals surface area contributed by atoms with Crippen LogP contribution in [0.1, 0.15) is 11.1 Å². The topological polar surface area (TPSA) is 35.9 Å². The summed E-state index contributed by atoms with van der Waals surface area (Å²) in [5.74, 6) is 0.338. The molecule has 20 heavy (non-hydrogen) atoms. The maximum atomic E-state index is 7.83. The summed E-state index contributed by atoms with van der Waals surface area (Å²) >= 11 is 11.9. The molecule has 0 aliphatic carbocycles. The van der Waals surface area contributed by atoms with Crippen LogP contribution in [0.25, 0.3) is 6.08 Å². The SMILES string of the molecule is N=C(/C=C/c1ccccc1)NCc1cc(Cl)cc(Cl)c1. The molecule has 0 fully saturated rings. The van der Waals surface area contributed by atoms with Crippen molar-refractivity contribution in [1.82, 2.24) is 5.32 Å². The minimum atomic E-state index is 0.338. The van der Waals surface area contributed by atoms with Gasteiger partial charge in [0.25, 0.3) is 0 Å². The van der Waals surface area contributed by atoms with E-state index in [0.29, 0.717) is 22.4 Å². The van der Waals surface area contributed by atoms with Gasteiger partial charge in [-0.2, -0.15) is 0 Å². The van der Waals surface area contributed by atoms with Gasteiger partial charge in [0.05, 0.1) is 0 Å². The van der Waals surface area contributed by atoms with Gasteiger partial charge in [-0.25, -0.2) is 0 Å². The van der Waals surface area contributed by atoms with Gasteiger partial charge in [0, 0.05) is 16.6 Å². The van der Waals surface area contributed by atoms with Crippen molar-refractivity contribution in [3.8, 4) is 0 Å². The van der Waals surface area contributed by atoms with Gasteiger partial charge in [-0.1, -0.05) is 59.6 Å². The Bertz CT molecular complexity index is 601. The number of benzene rings is 2. The van der Waals surface area contributed by atoms with Crippen molar-refractivity contribution in [2.24, 2.45) is 0 Å². The van der Waals surface area contributed by atoms with Gasteiger partial charge in [0.1, 0.15) is 5.84 Å². The highest BCUT2D eigenvalue weighted by molar-refractivity contribution is 6.34. The van der Waals surface area contributed by atoms with Crippen LogP contribution in [0.2, 0.25) is 10.0 Å². The highest BCUT2D eigenvalue weighted by Crippen LogP contribution is 2.18. The second kappa shape index (κ2) is 7.13. The number of hydrogen-bond acceptors (Lipinski definition) is 1.